The summed E-state index contributed by atoms with van der Waals surface area (Å²) in [6.07, 6.45) is 18.1. The van der Waals surface area contributed by atoms with E-state index in [1.807, 2.05) is 24.3 Å². The Balaban J connectivity index is 0.000000234. The third-order valence-corrected chi connectivity index (χ3v) is 13.8. The van der Waals surface area contributed by atoms with Crippen LogP contribution in [0.2, 0.25) is 0 Å². The quantitative estimate of drug-likeness (QED) is 0.0326. The van der Waals surface area contributed by atoms with Crippen molar-refractivity contribution in [2.45, 2.75) is 125 Å². The van der Waals surface area contributed by atoms with Crippen LogP contribution in [0.15, 0.2) is 96.8 Å². The lowest BCUT2D eigenvalue weighted by Crippen LogP contribution is -2.39. The van der Waals surface area contributed by atoms with Crippen molar-refractivity contribution in [3.8, 4) is 0 Å². The van der Waals surface area contributed by atoms with Gasteiger partial charge in [-0.25, -0.2) is 8.78 Å². The monoisotopic (exact) mass is 1020 g/mol. The van der Waals surface area contributed by atoms with Gasteiger partial charge in [-0.15, -0.1) is 24.9 Å². The fourth-order valence-electron chi connectivity index (χ4n) is 9.73. The molecule has 0 aromatic heterocycles. The number of methoxy groups -OCH3 is 6. The Morgan fingerprint density at radius 1 is 0.708 bits per heavy atom. The predicted octanol–water partition coefficient (Wildman–Crippen LogP) is 8.31. The highest BCUT2D eigenvalue weighted by molar-refractivity contribution is 5.89. The van der Waals surface area contributed by atoms with Crippen molar-refractivity contribution >= 4 is 18.2 Å². The molecule has 6 aliphatic rings. The largest absolute Gasteiger partial charge is 0.411 e. The fourth-order valence-corrected chi connectivity index (χ4v) is 9.73. The lowest BCUT2D eigenvalue weighted by molar-refractivity contribution is -0.109. The van der Waals surface area contributed by atoms with Gasteiger partial charge >= 0.3 is 0 Å². The molecule has 2 saturated heterocycles. The number of hydroxylamine groups is 2. The zero-order chi connectivity index (χ0) is 52.8. The number of ether oxygens (including phenoxy) is 6. The molecule has 4 N–H and O–H groups in total. The van der Waals surface area contributed by atoms with E-state index >= 15 is 0 Å². The summed E-state index contributed by atoms with van der Waals surface area (Å²) < 4.78 is 58.9. The highest BCUT2D eigenvalue weighted by atomic mass is 19.1. The average molecular weight is 1020 g/mol. The molecule has 5 fully saturated rings. The first kappa shape index (κ1) is 62.0. The second-order valence-electron chi connectivity index (χ2n) is 18.2. The minimum absolute atomic E-state index is 0.0278. The van der Waals surface area contributed by atoms with Gasteiger partial charge in [0.25, 0.3) is 0 Å². The van der Waals surface area contributed by atoms with E-state index in [4.69, 9.17) is 53.2 Å². The van der Waals surface area contributed by atoms with E-state index in [1.54, 1.807) is 73.0 Å². The van der Waals surface area contributed by atoms with Crippen molar-refractivity contribution in [1.82, 2.24) is 11.0 Å². The highest BCUT2D eigenvalue weighted by Crippen LogP contribution is 2.49. The summed E-state index contributed by atoms with van der Waals surface area (Å²) in [5.74, 6) is 0.776. The second kappa shape index (κ2) is 34.2. The molecule has 0 spiro atoms. The van der Waals surface area contributed by atoms with Crippen LogP contribution >= 0.6 is 0 Å². The maximum absolute atomic E-state index is 14.0. The molecule has 16 nitrogen and oxygen atoms in total. The number of carbonyl (C=O) groups excluding carboxylic acids is 1. The number of halogens is 2. The summed E-state index contributed by atoms with van der Waals surface area (Å²) in [5.41, 5.74) is 7.84. The van der Waals surface area contributed by atoms with Gasteiger partial charge in [0.15, 0.2) is 0 Å². The van der Waals surface area contributed by atoms with Crippen LogP contribution in [0.4, 0.5) is 8.78 Å². The summed E-state index contributed by atoms with van der Waals surface area (Å²) >= 11 is 0. The van der Waals surface area contributed by atoms with E-state index in [-0.39, 0.29) is 60.6 Å². The van der Waals surface area contributed by atoms with Crippen LogP contribution in [0, 0.1) is 29.4 Å². The number of oxime groups is 2. The SMILES string of the molecule is C=CCC(C/C=N\O)OC.C=CCC(CC=O)OC.C=CCC(CCO)OC.COC1CC2=NOCC2C1.CO[C@@H]1C[C@H]2CON[C@@]2(c2ccccc2F)C1.CO[C@H]1C[C@H]2CON[C@@]2(c2ccccc2F)C1. The van der Waals surface area contributed by atoms with Gasteiger partial charge in [0.1, 0.15) is 24.5 Å². The van der Waals surface area contributed by atoms with Gasteiger partial charge in [-0.2, -0.15) is 11.0 Å². The Labute approximate surface area is 426 Å². The maximum atomic E-state index is 14.0. The number of rotatable bonds is 20. The molecule has 0 amide bonds. The summed E-state index contributed by atoms with van der Waals surface area (Å²) in [6.45, 7) is 12.9. The maximum Gasteiger partial charge on any atom is 0.128 e. The zero-order valence-electron chi connectivity index (χ0n) is 43.3. The van der Waals surface area contributed by atoms with Crippen LogP contribution < -0.4 is 11.0 Å². The number of nitrogens with one attached hydrogen (secondary N) is 2. The van der Waals surface area contributed by atoms with Crippen molar-refractivity contribution in [2.24, 2.45) is 28.1 Å². The van der Waals surface area contributed by atoms with Gasteiger partial charge in [-0.3, -0.25) is 0 Å². The molecule has 3 saturated carbocycles. The van der Waals surface area contributed by atoms with E-state index in [0.29, 0.717) is 55.6 Å². The first-order valence-corrected chi connectivity index (χ1v) is 24.6. The number of carbonyl (C=O) groups is 1. The summed E-state index contributed by atoms with van der Waals surface area (Å²) in [6, 6.07) is 13.8. The van der Waals surface area contributed by atoms with Crippen molar-refractivity contribution in [3.05, 3.63) is 109 Å². The highest BCUT2D eigenvalue weighted by Gasteiger charge is 2.55. The number of aliphatic hydroxyl groups excluding tert-OH is 1. The fraction of sp³-hybridized carbons (Fsp3) is 0.611. The van der Waals surface area contributed by atoms with E-state index in [1.165, 1.54) is 24.1 Å². The normalized spacial score (nSPS) is 27.3. The number of hydrogen-bond donors (Lipinski definition) is 4. The smallest absolute Gasteiger partial charge is 0.128 e. The molecule has 0 radical (unpaired) electrons. The summed E-state index contributed by atoms with van der Waals surface area (Å²) in [5, 5.41) is 23.3. The molecule has 3 aliphatic carbocycles. The van der Waals surface area contributed by atoms with Crippen LogP contribution in [0.3, 0.4) is 0 Å². The molecule has 3 aliphatic heterocycles. The van der Waals surface area contributed by atoms with E-state index in [9.17, 15) is 13.6 Å². The van der Waals surface area contributed by atoms with Gasteiger partial charge in [0.05, 0.1) is 66.6 Å². The lowest BCUT2D eigenvalue weighted by Gasteiger charge is -2.28. The minimum Gasteiger partial charge on any atom is -0.411 e. The first-order chi connectivity index (χ1) is 35.0. The lowest BCUT2D eigenvalue weighted by atomic mass is 9.82. The molecule has 2 aromatic carbocycles. The van der Waals surface area contributed by atoms with Crippen molar-refractivity contribution in [2.75, 3.05) is 69.1 Å². The van der Waals surface area contributed by atoms with Crippen LogP contribution in [0.5, 0.6) is 0 Å². The van der Waals surface area contributed by atoms with Crippen molar-refractivity contribution < 1.29 is 66.8 Å². The first-order valence-electron chi connectivity index (χ1n) is 24.6. The third-order valence-electron chi connectivity index (χ3n) is 13.8. The van der Waals surface area contributed by atoms with Gasteiger partial charge in [0.2, 0.25) is 0 Å². The van der Waals surface area contributed by atoms with Gasteiger partial charge in [0, 0.05) is 104 Å². The zero-order valence-corrected chi connectivity index (χ0v) is 43.3. The molecule has 18 heteroatoms. The van der Waals surface area contributed by atoms with Crippen LogP contribution in [0.1, 0.15) is 88.2 Å². The number of hydrogen-bond acceptors (Lipinski definition) is 16. The predicted molar refractivity (Wildman–Crippen MR) is 272 cm³/mol. The summed E-state index contributed by atoms with van der Waals surface area (Å²) in [7, 11) is 10.0. The van der Waals surface area contributed by atoms with Crippen molar-refractivity contribution in [1.29, 1.82) is 0 Å². The van der Waals surface area contributed by atoms with Crippen molar-refractivity contribution in [3.63, 3.8) is 0 Å². The Morgan fingerprint density at radius 2 is 1.18 bits per heavy atom. The topological polar surface area (TPSA) is 189 Å². The van der Waals surface area contributed by atoms with E-state index < -0.39 is 11.1 Å². The van der Waals surface area contributed by atoms with Gasteiger partial charge in [-0.05, 0) is 69.9 Å². The molecule has 0 bridgehead atoms. The molecule has 2 aromatic rings. The molecular formula is C54H82F2N4O12. The Kier molecular flexibility index (Phi) is 29.5. The summed E-state index contributed by atoms with van der Waals surface area (Å²) in [4.78, 5) is 25.6. The van der Waals surface area contributed by atoms with Gasteiger partial charge in [-0.1, -0.05) is 59.8 Å². The number of benzene rings is 2. The van der Waals surface area contributed by atoms with Crippen LogP contribution in [0.25, 0.3) is 0 Å². The second-order valence-corrected chi connectivity index (χ2v) is 18.2. The molecule has 72 heavy (non-hydrogen) atoms. The molecule has 5 unspecified atom stereocenters. The average Bonchev–Trinajstić information content (AvgIpc) is 4.26. The molecular weight excluding hydrogens is 935 g/mol. The van der Waals surface area contributed by atoms with E-state index in [2.05, 4.69) is 41.0 Å². The standard InChI is InChI=1S/2C13H16FNO2.C7H11NO2.C7H13NO2.C7H14O2.C7H12O2/c2*1-16-10-6-9-8-17-15-13(9,7-10)11-4-2-3-5-12(11)14;1-9-6-2-5-4-10-8-7(5)3-6;1-3-4-7(10-2)5-6-8-9;2*1-3-4-7(9-2)5-6-8/h2*2-5,9-10,15H,6-8H2,1H3;5-6H,2-4H2,1H3;3,6-7,9H,1,4-5H2,2H3;3,7-8H,1,4-6H2,2H3;3,6-7H,1,4-5H2,2H3/b;;;8-6-;;/t9-,10+,13-;9-,10-,13-;;;;/m00..../s1. The Morgan fingerprint density at radius 3 is 1.58 bits per heavy atom. The molecule has 404 valence electrons. The molecule has 11 atom stereocenters. The number of aldehydes is 1. The number of nitrogens with zero attached hydrogens (tertiary/aromatic N) is 2. The molecule has 3 heterocycles. The third kappa shape index (κ3) is 18.3. The molecule has 8 rings (SSSR count). The minimum atomic E-state index is -0.411. The number of aliphatic hydroxyl groups is 1. The Bertz CT molecular complexity index is 1840. The van der Waals surface area contributed by atoms with Gasteiger partial charge < -0.3 is 58.0 Å². The van der Waals surface area contributed by atoms with Crippen LogP contribution in [-0.4, -0.2) is 134 Å². The Hall–Kier alpha value is -4.31. The van der Waals surface area contributed by atoms with E-state index in [0.717, 1.165) is 70.7 Å². The van der Waals surface area contributed by atoms with Crippen LogP contribution in [-0.2, 0) is 58.8 Å². The number of fused-ring (bicyclic) bond motifs is 3.